The van der Waals surface area contributed by atoms with E-state index in [2.05, 4.69) is 0 Å². The SMILES string of the molecule is CC(C)C1CCCN1C(=O)c1cc(C(F)(F)F)ccc1F. The summed E-state index contributed by atoms with van der Waals surface area (Å²) in [6, 6.07) is 1.91. The van der Waals surface area contributed by atoms with Gasteiger partial charge in [0, 0.05) is 12.6 Å². The van der Waals surface area contributed by atoms with Crippen molar-refractivity contribution in [2.45, 2.75) is 38.9 Å². The van der Waals surface area contributed by atoms with Gasteiger partial charge >= 0.3 is 6.18 Å². The van der Waals surface area contributed by atoms with Crippen molar-refractivity contribution in [2.24, 2.45) is 5.92 Å². The van der Waals surface area contributed by atoms with Crippen LogP contribution in [0.3, 0.4) is 0 Å². The highest BCUT2D eigenvalue weighted by Gasteiger charge is 2.35. The minimum absolute atomic E-state index is 0.0496. The number of hydrogen-bond acceptors (Lipinski definition) is 1. The van der Waals surface area contributed by atoms with Crippen LogP contribution in [0.5, 0.6) is 0 Å². The van der Waals surface area contributed by atoms with Gasteiger partial charge in [-0.15, -0.1) is 0 Å². The average Bonchev–Trinajstić information content (AvgIpc) is 2.86. The molecule has 0 spiro atoms. The summed E-state index contributed by atoms with van der Waals surface area (Å²) in [5.74, 6) is -1.39. The number of benzene rings is 1. The Kier molecular flexibility index (Phi) is 4.25. The number of carbonyl (C=O) groups excluding carboxylic acids is 1. The molecule has 116 valence electrons. The topological polar surface area (TPSA) is 20.3 Å². The van der Waals surface area contributed by atoms with E-state index < -0.39 is 29.0 Å². The quantitative estimate of drug-likeness (QED) is 0.753. The second-order valence-corrected chi connectivity index (χ2v) is 5.64. The number of nitrogens with zero attached hydrogens (tertiary/aromatic N) is 1. The van der Waals surface area contributed by atoms with Crippen molar-refractivity contribution in [2.75, 3.05) is 6.54 Å². The smallest absolute Gasteiger partial charge is 0.335 e. The van der Waals surface area contributed by atoms with Gasteiger partial charge in [-0.25, -0.2) is 4.39 Å². The number of likely N-dealkylation sites (tertiary alicyclic amines) is 1. The molecule has 1 unspecified atom stereocenters. The van der Waals surface area contributed by atoms with Gasteiger partial charge in [-0.1, -0.05) is 13.8 Å². The Morgan fingerprint density at radius 1 is 1.33 bits per heavy atom. The van der Waals surface area contributed by atoms with Crippen LogP contribution >= 0.6 is 0 Å². The van der Waals surface area contributed by atoms with E-state index in [1.54, 1.807) is 0 Å². The predicted octanol–water partition coefficient (Wildman–Crippen LogP) is 4.11. The van der Waals surface area contributed by atoms with Crippen LogP contribution in [0, 0.1) is 11.7 Å². The Morgan fingerprint density at radius 3 is 2.57 bits per heavy atom. The fourth-order valence-electron chi connectivity index (χ4n) is 2.76. The van der Waals surface area contributed by atoms with Crippen molar-refractivity contribution in [3.05, 3.63) is 35.1 Å². The molecule has 0 N–H and O–H groups in total. The van der Waals surface area contributed by atoms with E-state index in [4.69, 9.17) is 0 Å². The molecule has 1 saturated heterocycles. The van der Waals surface area contributed by atoms with Gasteiger partial charge in [0.05, 0.1) is 11.1 Å². The molecule has 1 heterocycles. The Bertz CT molecular complexity index is 539. The maximum atomic E-state index is 13.8. The zero-order chi connectivity index (χ0) is 15.8. The molecule has 0 bridgehead atoms. The summed E-state index contributed by atoms with van der Waals surface area (Å²) >= 11 is 0. The normalized spacial score (nSPS) is 19.4. The second-order valence-electron chi connectivity index (χ2n) is 5.64. The minimum atomic E-state index is -4.59. The van der Waals surface area contributed by atoms with E-state index in [1.807, 2.05) is 13.8 Å². The van der Waals surface area contributed by atoms with Gasteiger partial charge in [0.1, 0.15) is 5.82 Å². The number of halogens is 4. The van der Waals surface area contributed by atoms with Crippen molar-refractivity contribution < 1.29 is 22.4 Å². The third kappa shape index (κ3) is 3.19. The highest BCUT2D eigenvalue weighted by molar-refractivity contribution is 5.95. The molecule has 0 aliphatic carbocycles. The molecule has 1 aromatic carbocycles. The van der Waals surface area contributed by atoms with Crippen molar-refractivity contribution >= 4 is 5.91 Å². The van der Waals surface area contributed by atoms with Crippen molar-refractivity contribution in [1.82, 2.24) is 4.90 Å². The van der Waals surface area contributed by atoms with Gasteiger partial charge in [0.15, 0.2) is 0 Å². The highest BCUT2D eigenvalue weighted by Crippen LogP contribution is 2.32. The molecule has 2 nitrogen and oxygen atoms in total. The number of alkyl halides is 3. The van der Waals surface area contributed by atoms with Gasteiger partial charge in [0.2, 0.25) is 0 Å². The molecular weight excluding hydrogens is 286 g/mol. The molecule has 1 aliphatic heterocycles. The predicted molar refractivity (Wildman–Crippen MR) is 70.3 cm³/mol. The summed E-state index contributed by atoms with van der Waals surface area (Å²) in [7, 11) is 0. The van der Waals surface area contributed by atoms with Crippen LogP contribution in [-0.2, 0) is 6.18 Å². The lowest BCUT2D eigenvalue weighted by Crippen LogP contribution is -2.39. The van der Waals surface area contributed by atoms with E-state index in [-0.39, 0.29) is 12.0 Å². The van der Waals surface area contributed by atoms with Gasteiger partial charge in [0.25, 0.3) is 5.91 Å². The molecule has 1 aliphatic rings. The van der Waals surface area contributed by atoms with E-state index in [0.29, 0.717) is 24.7 Å². The average molecular weight is 303 g/mol. The van der Waals surface area contributed by atoms with E-state index in [0.717, 1.165) is 12.8 Å². The summed E-state index contributed by atoms with van der Waals surface area (Å²) in [5, 5.41) is 0. The molecule has 1 amide bonds. The zero-order valence-corrected chi connectivity index (χ0v) is 11.9. The van der Waals surface area contributed by atoms with Crippen LogP contribution in [0.4, 0.5) is 17.6 Å². The maximum Gasteiger partial charge on any atom is 0.416 e. The largest absolute Gasteiger partial charge is 0.416 e. The lowest BCUT2D eigenvalue weighted by Gasteiger charge is -2.28. The van der Waals surface area contributed by atoms with Crippen LogP contribution in [0.15, 0.2) is 18.2 Å². The van der Waals surface area contributed by atoms with Crippen molar-refractivity contribution in [1.29, 1.82) is 0 Å². The molecule has 6 heteroatoms. The number of rotatable bonds is 2. The van der Waals surface area contributed by atoms with Gasteiger partial charge in [-0.05, 0) is 37.0 Å². The first-order valence-corrected chi connectivity index (χ1v) is 6.89. The number of amides is 1. The van der Waals surface area contributed by atoms with Crippen LogP contribution in [-0.4, -0.2) is 23.4 Å². The van der Waals surface area contributed by atoms with E-state index in [9.17, 15) is 22.4 Å². The van der Waals surface area contributed by atoms with Crippen LogP contribution < -0.4 is 0 Å². The first kappa shape index (κ1) is 15.8. The Morgan fingerprint density at radius 2 is 2.00 bits per heavy atom. The van der Waals surface area contributed by atoms with Crippen LogP contribution in [0.25, 0.3) is 0 Å². The zero-order valence-electron chi connectivity index (χ0n) is 11.9. The van der Waals surface area contributed by atoms with Gasteiger partial charge in [-0.3, -0.25) is 4.79 Å². The molecule has 21 heavy (non-hydrogen) atoms. The van der Waals surface area contributed by atoms with Gasteiger partial charge < -0.3 is 4.90 Å². The molecule has 0 radical (unpaired) electrons. The minimum Gasteiger partial charge on any atom is -0.335 e. The lowest BCUT2D eigenvalue weighted by molar-refractivity contribution is -0.137. The van der Waals surface area contributed by atoms with E-state index >= 15 is 0 Å². The molecule has 1 aromatic rings. The third-order valence-corrected chi connectivity index (χ3v) is 3.85. The lowest BCUT2D eigenvalue weighted by atomic mass is 10.0. The Hall–Kier alpha value is -1.59. The first-order valence-electron chi connectivity index (χ1n) is 6.89. The standard InChI is InChI=1S/C15H17F4NO/c1-9(2)13-4-3-7-20(13)14(21)11-8-10(15(17,18)19)5-6-12(11)16/h5-6,8-9,13H,3-4,7H2,1-2H3. The summed E-state index contributed by atoms with van der Waals surface area (Å²) < 4.78 is 51.9. The molecule has 0 saturated carbocycles. The number of carbonyl (C=O) groups is 1. The van der Waals surface area contributed by atoms with Crippen molar-refractivity contribution in [3.63, 3.8) is 0 Å². The third-order valence-electron chi connectivity index (χ3n) is 3.85. The summed E-state index contributed by atoms with van der Waals surface area (Å²) in [6.45, 7) is 4.34. The summed E-state index contributed by atoms with van der Waals surface area (Å²) in [6.07, 6.45) is -3.01. The van der Waals surface area contributed by atoms with E-state index in [1.165, 1.54) is 4.90 Å². The molecule has 0 aromatic heterocycles. The van der Waals surface area contributed by atoms with Crippen LogP contribution in [0.1, 0.15) is 42.6 Å². The number of hydrogen-bond donors (Lipinski definition) is 0. The fourth-order valence-corrected chi connectivity index (χ4v) is 2.76. The summed E-state index contributed by atoms with van der Waals surface area (Å²) in [4.78, 5) is 13.9. The Balaban J connectivity index is 2.35. The first-order chi connectivity index (χ1) is 9.71. The second kappa shape index (κ2) is 5.66. The summed E-state index contributed by atoms with van der Waals surface area (Å²) in [5.41, 5.74) is -1.51. The monoisotopic (exact) mass is 303 g/mol. The molecule has 2 rings (SSSR count). The fraction of sp³-hybridized carbons (Fsp3) is 0.533. The van der Waals surface area contributed by atoms with Crippen molar-refractivity contribution in [3.8, 4) is 0 Å². The molecule has 1 fully saturated rings. The van der Waals surface area contributed by atoms with Gasteiger partial charge in [-0.2, -0.15) is 13.2 Å². The highest BCUT2D eigenvalue weighted by atomic mass is 19.4. The molecule has 1 atom stereocenters. The Labute approximate surface area is 120 Å². The maximum absolute atomic E-state index is 13.8. The molecular formula is C15H17F4NO. The van der Waals surface area contributed by atoms with Crippen LogP contribution in [0.2, 0.25) is 0 Å².